The minimum absolute atomic E-state index is 0.156. The highest BCUT2D eigenvalue weighted by molar-refractivity contribution is 7.85. The molecule has 0 bridgehead atoms. The van der Waals surface area contributed by atoms with Gasteiger partial charge >= 0.3 is 0 Å². The van der Waals surface area contributed by atoms with Crippen molar-refractivity contribution in [1.29, 1.82) is 0 Å². The number of nitrogens with zero attached hydrogens (tertiary/aromatic N) is 1. The molecule has 1 saturated heterocycles. The Morgan fingerprint density at radius 3 is 2.55 bits per heavy atom. The molecular weight excluding hydrogens is 432 g/mol. The molecule has 2 aromatic carbocycles. The Kier molecular flexibility index (Phi) is 8.27. The molecule has 3 unspecified atom stereocenters. The van der Waals surface area contributed by atoms with Crippen LogP contribution in [0.1, 0.15) is 30.4 Å². The van der Waals surface area contributed by atoms with Gasteiger partial charge in [0.25, 0.3) is 5.91 Å². The molecule has 1 heterocycles. The van der Waals surface area contributed by atoms with Crippen LogP contribution in [0.5, 0.6) is 0 Å². The molecule has 0 radical (unpaired) electrons. The summed E-state index contributed by atoms with van der Waals surface area (Å²) in [6, 6.07) is 16.5. The number of hydrogen-bond donors (Lipinski definition) is 1. The number of rotatable bonds is 10. The van der Waals surface area contributed by atoms with Gasteiger partial charge in [0.2, 0.25) is 5.91 Å². The van der Waals surface area contributed by atoms with E-state index in [0.717, 1.165) is 11.1 Å². The maximum Gasteiger partial charge on any atom is 0.256 e. The Hall–Kier alpha value is -2.62. The van der Waals surface area contributed by atoms with Gasteiger partial charge in [-0.2, -0.15) is 0 Å². The van der Waals surface area contributed by atoms with Crippen LogP contribution in [0.4, 0.5) is 0 Å². The smallest absolute Gasteiger partial charge is 0.256 e. The van der Waals surface area contributed by atoms with Gasteiger partial charge in [-0.25, -0.2) is 0 Å². The molecule has 2 amide bonds. The number of amides is 2. The molecule has 0 aliphatic carbocycles. The highest BCUT2D eigenvalue weighted by atomic mass is 35.5. The van der Waals surface area contributed by atoms with Gasteiger partial charge in [0, 0.05) is 30.5 Å². The largest absolute Gasteiger partial charge is 0.350 e. The number of hydrogen-bond acceptors (Lipinski definition) is 3. The predicted molar refractivity (Wildman–Crippen MR) is 124 cm³/mol. The fourth-order valence-electron chi connectivity index (χ4n) is 3.50. The second-order valence-electron chi connectivity index (χ2n) is 7.48. The summed E-state index contributed by atoms with van der Waals surface area (Å²) in [7, 11) is -1.58. The summed E-state index contributed by atoms with van der Waals surface area (Å²) >= 11 is 6.09. The first kappa shape index (κ1) is 23.1. The average Bonchev–Trinajstić information content (AvgIpc) is 2.75. The Bertz CT molecular complexity index is 990. The predicted octanol–water partition coefficient (Wildman–Crippen LogP) is 3.29. The maximum atomic E-state index is 13.2. The quantitative estimate of drug-likeness (QED) is 0.440. The summed E-state index contributed by atoms with van der Waals surface area (Å²) in [6.07, 6.45) is 7.41. The lowest BCUT2D eigenvalue weighted by molar-refractivity contribution is -0.145. The van der Waals surface area contributed by atoms with Crippen LogP contribution in [-0.2, 0) is 32.6 Å². The van der Waals surface area contributed by atoms with Crippen molar-refractivity contribution in [2.24, 2.45) is 0 Å². The van der Waals surface area contributed by atoms with Crippen molar-refractivity contribution in [3.63, 3.8) is 0 Å². The first-order valence-electron chi connectivity index (χ1n) is 10.2. The van der Waals surface area contributed by atoms with Crippen LogP contribution >= 0.6 is 11.6 Å². The fourth-order valence-corrected chi connectivity index (χ4v) is 5.21. The highest BCUT2D eigenvalue weighted by Crippen LogP contribution is 2.20. The number of terminal acetylenes is 1. The Morgan fingerprint density at radius 2 is 1.94 bits per heavy atom. The lowest BCUT2D eigenvalue weighted by Crippen LogP contribution is -2.59. The molecule has 5 nitrogen and oxygen atoms in total. The SMILES string of the molecule is C#CCCC(Cc1cccc(Cl)c1)NC(=O)C(N1CCC1=O)S(=O)Cc1ccccc1. The molecule has 31 heavy (non-hydrogen) atoms. The molecule has 2 aromatic rings. The van der Waals surface area contributed by atoms with Crippen LogP contribution in [0.2, 0.25) is 5.02 Å². The van der Waals surface area contributed by atoms with Gasteiger partial charge in [0.05, 0.1) is 16.6 Å². The van der Waals surface area contributed by atoms with Crippen molar-refractivity contribution in [1.82, 2.24) is 10.2 Å². The minimum Gasteiger partial charge on any atom is -0.350 e. The van der Waals surface area contributed by atoms with Gasteiger partial charge < -0.3 is 10.2 Å². The van der Waals surface area contributed by atoms with E-state index in [1.807, 2.05) is 48.5 Å². The van der Waals surface area contributed by atoms with Crippen LogP contribution in [0, 0.1) is 12.3 Å². The van der Waals surface area contributed by atoms with Gasteiger partial charge in [-0.05, 0) is 36.1 Å². The molecular formula is C24H25ClN2O3S. The van der Waals surface area contributed by atoms with E-state index in [1.54, 1.807) is 6.07 Å². The Labute approximate surface area is 190 Å². The van der Waals surface area contributed by atoms with Crippen LogP contribution in [0.15, 0.2) is 54.6 Å². The molecule has 0 spiro atoms. The third-order valence-corrected chi connectivity index (χ3v) is 6.97. The molecule has 7 heteroatoms. The van der Waals surface area contributed by atoms with Gasteiger partial charge in [-0.15, -0.1) is 12.3 Å². The summed E-state index contributed by atoms with van der Waals surface area (Å²) < 4.78 is 13.1. The summed E-state index contributed by atoms with van der Waals surface area (Å²) in [5, 5.41) is 2.59. The normalized spacial score (nSPS) is 16.0. The van der Waals surface area contributed by atoms with Crippen molar-refractivity contribution in [2.45, 2.75) is 42.9 Å². The van der Waals surface area contributed by atoms with E-state index >= 15 is 0 Å². The van der Waals surface area contributed by atoms with Crippen molar-refractivity contribution >= 4 is 34.2 Å². The van der Waals surface area contributed by atoms with Crippen LogP contribution in [-0.4, -0.2) is 38.9 Å². The zero-order chi connectivity index (χ0) is 22.2. The molecule has 1 aliphatic heterocycles. The minimum atomic E-state index is -1.58. The first-order chi connectivity index (χ1) is 15.0. The standard InChI is InChI=1S/C24H25ClN2O3S/c1-2-3-12-21(16-19-10-7-11-20(25)15-19)26-23(29)24(27-14-13-22(27)28)31(30)17-18-8-5-4-6-9-18/h1,4-11,15,21,24H,3,12-14,16-17H2,(H,26,29). The summed E-state index contributed by atoms with van der Waals surface area (Å²) in [5.41, 5.74) is 1.83. The highest BCUT2D eigenvalue weighted by Gasteiger charge is 2.40. The third kappa shape index (κ3) is 6.43. The van der Waals surface area contributed by atoms with E-state index in [1.165, 1.54) is 4.90 Å². The van der Waals surface area contributed by atoms with Gasteiger partial charge in [0.15, 0.2) is 5.37 Å². The van der Waals surface area contributed by atoms with E-state index in [4.69, 9.17) is 18.0 Å². The van der Waals surface area contributed by atoms with Crippen LogP contribution < -0.4 is 5.32 Å². The number of carbonyl (C=O) groups is 2. The second kappa shape index (κ2) is 11.1. The van der Waals surface area contributed by atoms with E-state index in [9.17, 15) is 13.8 Å². The molecule has 3 rings (SSSR count). The lowest BCUT2D eigenvalue weighted by Gasteiger charge is -2.37. The van der Waals surface area contributed by atoms with E-state index in [2.05, 4.69) is 11.2 Å². The summed E-state index contributed by atoms with van der Waals surface area (Å²) in [5.74, 6) is 2.24. The first-order valence-corrected chi connectivity index (χ1v) is 11.9. The average molecular weight is 457 g/mol. The number of benzene rings is 2. The molecule has 0 saturated carbocycles. The van der Waals surface area contributed by atoms with Crippen molar-refractivity contribution in [3.05, 3.63) is 70.7 Å². The zero-order valence-electron chi connectivity index (χ0n) is 17.1. The zero-order valence-corrected chi connectivity index (χ0v) is 18.7. The van der Waals surface area contributed by atoms with Gasteiger partial charge in [-0.1, -0.05) is 54.1 Å². The topological polar surface area (TPSA) is 66.5 Å². The van der Waals surface area contributed by atoms with Crippen molar-refractivity contribution in [2.75, 3.05) is 6.54 Å². The molecule has 162 valence electrons. The third-order valence-electron chi connectivity index (χ3n) is 5.15. The van der Waals surface area contributed by atoms with Crippen LogP contribution in [0.3, 0.4) is 0 Å². The number of nitrogens with one attached hydrogen (secondary N) is 1. The molecule has 1 N–H and O–H groups in total. The molecule has 0 aromatic heterocycles. The van der Waals surface area contributed by atoms with E-state index in [-0.39, 0.29) is 17.7 Å². The number of carbonyl (C=O) groups excluding carboxylic acids is 2. The molecule has 3 atom stereocenters. The fraction of sp³-hybridized carbons (Fsp3) is 0.333. The second-order valence-corrected chi connectivity index (χ2v) is 9.42. The maximum absolute atomic E-state index is 13.2. The number of β-lactam (4-membered cyclic amide) rings is 1. The van der Waals surface area contributed by atoms with Crippen LogP contribution in [0.25, 0.3) is 0 Å². The lowest BCUT2D eigenvalue weighted by atomic mass is 10.0. The number of likely N-dealkylation sites (tertiary alicyclic amines) is 1. The van der Waals surface area contributed by atoms with Crippen molar-refractivity contribution < 1.29 is 13.8 Å². The van der Waals surface area contributed by atoms with E-state index < -0.39 is 22.1 Å². The summed E-state index contributed by atoms with van der Waals surface area (Å²) in [6.45, 7) is 0.431. The summed E-state index contributed by atoms with van der Waals surface area (Å²) in [4.78, 5) is 26.7. The van der Waals surface area contributed by atoms with Gasteiger partial charge in [-0.3, -0.25) is 13.8 Å². The molecule has 1 fully saturated rings. The Morgan fingerprint density at radius 1 is 1.19 bits per heavy atom. The Balaban J connectivity index is 1.75. The van der Waals surface area contributed by atoms with Gasteiger partial charge in [0.1, 0.15) is 0 Å². The van der Waals surface area contributed by atoms with E-state index in [0.29, 0.717) is 37.3 Å². The number of halogens is 1. The van der Waals surface area contributed by atoms with Crippen molar-refractivity contribution in [3.8, 4) is 12.3 Å². The monoisotopic (exact) mass is 456 g/mol. The molecule has 1 aliphatic rings.